The summed E-state index contributed by atoms with van der Waals surface area (Å²) in [6.07, 6.45) is 15.6. The quantitative estimate of drug-likeness (QED) is 0.219. The Kier molecular flexibility index (Phi) is 5.32. The topological polar surface area (TPSA) is 29.0 Å². The number of nitrogens with zero attached hydrogens (tertiary/aromatic N) is 3. The molecule has 4 heteroatoms. The predicted octanol–water partition coefficient (Wildman–Crippen LogP) is 8.26. The van der Waals surface area contributed by atoms with Crippen LogP contribution in [-0.4, -0.2) is 16.0 Å². The van der Waals surface area contributed by atoms with Crippen LogP contribution in [0.3, 0.4) is 0 Å². The molecule has 0 saturated carbocycles. The van der Waals surface area contributed by atoms with Crippen LogP contribution < -0.4 is 15.5 Å². The molecule has 2 aliphatic carbocycles. The van der Waals surface area contributed by atoms with Gasteiger partial charge in [-0.3, -0.25) is 0 Å². The number of benzene rings is 4. The van der Waals surface area contributed by atoms with Crippen molar-refractivity contribution in [2.45, 2.75) is 24.8 Å². The number of allylic oxidation sites excluding steroid dienone is 2. The number of thiophene rings is 1. The molecule has 42 heavy (non-hydrogen) atoms. The van der Waals surface area contributed by atoms with E-state index in [9.17, 15) is 0 Å². The molecule has 2 atom stereocenters. The zero-order valence-corrected chi connectivity index (χ0v) is 23.8. The van der Waals surface area contributed by atoms with Crippen LogP contribution in [0.5, 0.6) is 0 Å². The lowest BCUT2D eigenvalue weighted by Crippen LogP contribution is -2.38. The first-order valence-corrected chi connectivity index (χ1v) is 15.5. The van der Waals surface area contributed by atoms with Gasteiger partial charge in [0.2, 0.25) is 5.95 Å². The smallest absolute Gasteiger partial charge is 0.231 e. The Bertz CT molecular complexity index is 2210. The molecule has 2 aromatic heterocycles. The van der Waals surface area contributed by atoms with Crippen LogP contribution in [0.2, 0.25) is 0 Å². The van der Waals surface area contributed by atoms with E-state index in [0.29, 0.717) is 0 Å². The van der Waals surface area contributed by atoms with E-state index in [-0.39, 0.29) is 12.0 Å². The maximum absolute atomic E-state index is 5.36. The van der Waals surface area contributed by atoms with Crippen molar-refractivity contribution >= 4 is 55.3 Å². The van der Waals surface area contributed by atoms with Crippen LogP contribution in [0.4, 0.5) is 11.6 Å². The van der Waals surface area contributed by atoms with E-state index in [1.54, 1.807) is 0 Å². The van der Waals surface area contributed by atoms with Gasteiger partial charge in [-0.25, -0.2) is 9.97 Å². The summed E-state index contributed by atoms with van der Waals surface area (Å²) in [5, 5.41) is 4.86. The highest BCUT2D eigenvalue weighted by atomic mass is 32.1. The fraction of sp³-hybridized carbons (Fsp3) is 0.105. The Morgan fingerprint density at radius 2 is 1.43 bits per heavy atom. The molecular formula is C38H27N3S. The van der Waals surface area contributed by atoms with E-state index in [4.69, 9.17) is 9.97 Å². The highest BCUT2D eigenvalue weighted by molar-refractivity contribution is 7.26. The molecule has 3 nitrogen and oxygen atoms in total. The van der Waals surface area contributed by atoms with Gasteiger partial charge in [0.05, 0.1) is 17.1 Å². The molecule has 0 N–H and O–H groups in total. The summed E-state index contributed by atoms with van der Waals surface area (Å²) in [7, 11) is 0. The molecule has 0 bridgehead atoms. The molecule has 1 aliphatic heterocycles. The van der Waals surface area contributed by atoms with Crippen LogP contribution >= 0.6 is 11.3 Å². The molecule has 9 rings (SSSR count). The van der Waals surface area contributed by atoms with Crippen molar-refractivity contribution in [2.24, 2.45) is 0 Å². The van der Waals surface area contributed by atoms with Gasteiger partial charge < -0.3 is 4.90 Å². The maximum atomic E-state index is 5.36. The van der Waals surface area contributed by atoms with Gasteiger partial charge in [-0.2, -0.15) is 0 Å². The summed E-state index contributed by atoms with van der Waals surface area (Å²) < 4.78 is 2.71. The third-order valence-electron chi connectivity index (χ3n) is 8.86. The van der Waals surface area contributed by atoms with Crippen LogP contribution in [0, 0.1) is 0 Å². The predicted molar refractivity (Wildman–Crippen MR) is 177 cm³/mol. The van der Waals surface area contributed by atoms with Gasteiger partial charge in [0, 0.05) is 48.1 Å². The highest BCUT2D eigenvalue weighted by Gasteiger charge is 2.40. The number of hydrogen-bond acceptors (Lipinski definition) is 4. The molecule has 200 valence electrons. The third kappa shape index (κ3) is 3.58. The summed E-state index contributed by atoms with van der Waals surface area (Å²) in [6, 6.07) is 32.9. The van der Waals surface area contributed by atoms with Crippen LogP contribution in [0.15, 0.2) is 115 Å². The highest BCUT2D eigenvalue weighted by Crippen LogP contribution is 2.52. The minimum absolute atomic E-state index is 0.139. The van der Waals surface area contributed by atoms with Crippen LogP contribution in [0.1, 0.15) is 24.3 Å². The van der Waals surface area contributed by atoms with E-state index >= 15 is 0 Å². The molecule has 0 radical (unpaired) electrons. The van der Waals surface area contributed by atoms with Crippen LogP contribution in [0.25, 0.3) is 54.7 Å². The molecule has 3 heterocycles. The van der Waals surface area contributed by atoms with E-state index in [0.717, 1.165) is 40.6 Å². The van der Waals surface area contributed by atoms with Crippen molar-refractivity contribution in [1.29, 1.82) is 0 Å². The molecule has 6 aromatic rings. The zero-order valence-electron chi connectivity index (χ0n) is 22.9. The zero-order chi connectivity index (χ0) is 27.6. The first kappa shape index (κ1) is 23.9. The average Bonchev–Trinajstić information content (AvgIpc) is 3.60. The Hall–Kier alpha value is -4.80. The molecule has 4 aromatic carbocycles. The third-order valence-corrected chi connectivity index (χ3v) is 10.1. The second-order valence-electron chi connectivity index (χ2n) is 11.2. The molecule has 0 spiro atoms. The van der Waals surface area contributed by atoms with E-state index in [1.165, 1.54) is 42.6 Å². The average molecular weight is 558 g/mol. The van der Waals surface area contributed by atoms with Gasteiger partial charge in [-0.15, -0.1) is 11.3 Å². The lowest BCUT2D eigenvalue weighted by atomic mass is 9.91. The fourth-order valence-electron chi connectivity index (χ4n) is 6.90. The largest absolute Gasteiger partial charge is 0.302 e. The van der Waals surface area contributed by atoms with Gasteiger partial charge in [0.15, 0.2) is 0 Å². The first-order chi connectivity index (χ1) is 20.8. The SMILES string of the molecule is C1=CC2c3c(ccc4c3sc3ccccc34)N(c3nc(-c4ccc(-c5ccccc5)cc4)c4c(n3)=CCCC=4)C2C=C1. The van der Waals surface area contributed by atoms with Gasteiger partial charge >= 0.3 is 0 Å². The lowest BCUT2D eigenvalue weighted by Gasteiger charge is -2.27. The Labute approximate surface area is 248 Å². The van der Waals surface area contributed by atoms with Crippen molar-refractivity contribution in [3.05, 3.63) is 131 Å². The molecule has 0 fully saturated rings. The van der Waals surface area contributed by atoms with Crippen molar-refractivity contribution in [2.75, 3.05) is 4.90 Å². The van der Waals surface area contributed by atoms with Gasteiger partial charge in [-0.1, -0.05) is 115 Å². The second-order valence-corrected chi connectivity index (χ2v) is 12.3. The summed E-state index contributed by atoms with van der Waals surface area (Å²) >= 11 is 1.91. The van der Waals surface area contributed by atoms with Gasteiger partial charge in [-0.05, 0) is 36.1 Å². The minimum atomic E-state index is 0.139. The summed E-state index contributed by atoms with van der Waals surface area (Å²) in [4.78, 5) is 13.0. The first-order valence-electron chi connectivity index (χ1n) is 14.7. The van der Waals surface area contributed by atoms with Crippen molar-refractivity contribution < 1.29 is 0 Å². The summed E-state index contributed by atoms with van der Waals surface area (Å²) in [5.74, 6) is 1.03. The lowest BCUT2D eigenvalue weighted by molar-refractivity contribution is 0.730. The molecular weight excluding hydrogens is 531 g/mol. The molecule has 0 amide bonds. The maximum Gasteiger partial charge on any atom is 0.231 e. The minimum Gasteiger partial charge on any atom is -0.302 e. The summed E-state index contributed by atoms with van der Waals surface area (Å²) in [5.41, 5.74) is 7.17. The molecule has 0 saturated heterocycles. The molecule has 3 aliphatic rings. The number of aromatic nitrogens is 2. The van der Waals surface area contributed by atoms with Gasteiger partial charge in [0.1, 0.15) is 0 Å². The van der Waals surface area contributed by atoms with Crippen molar-refractivity contribution in [1.82, 2.24) is 9.97 Å². The summed E-state index contributed by atoms with van der Waals surface area (Å²) in [6.45, 7) is 0. The standard InChI is InChI=1S/C38H27N3S/c1-2-10-24(11-3-1)25-18-20-26(21-19-25)36-29-13-4-7-15-31(29)39-38(40-36)41-32-16-8-5-14-30(32)35-33(41)23-22-28-27-12-6-9-17-34(27)42-37(28)35/h1-3,5-6,8-23,30,32H,4,7H2. The van der Waals surface area contributed by atoms with E-state index < -0.39 is 0 Å². The van der Waals surface area contributed by atoms with Crippen LogP contribution in [-0.2, 0) is 0 Å². The Balaban J connectivity index is 1.24. The number of rotatable bonds is 3. The van der Waals surface area contributed by atoms with Crippen molar-refractivity contribution in [3.63, 3.8) is 0 Å². The number of hydrogen-bond donors (Lipinski definition) is 0. The monoisotopic (exact) mass is 557 g/mol. The molecule has 2 unspecified atom stereocenters. The normalized spacial score (nSPS) is 18.4. The van der Waals surface area contributed by atoms with E-state index in [2.05, 4.69) is 132 Å². The second kappa shape index (κ2) is 9.37. The fourth-order valence-corrected chi connectivity index (χ4v) is 8.19. The number of anilines is 2. The Morgan fingerprint density at radius 1 is 0.667 bits per heavy atom. The van der Waals surface area contributed by atoms with E-state index in [1.807, 2.05) is 11.3 Å². The number of fused-ring (bicyclic) bond motifs is 8. The Morgan fingerprint density at radius 3 is 2.33 bits per heavy atom. The van der Waals surface area contributed by atoms with Gasteiger partial charge in [0.25, 0.3) is 0 Å². The van der Waals surface area contributed by atoms with Crippen molar-refractivity contribution in [3.8, 4) is 22.4 Å².